The first kappa shape index (κ1) is 19.3. The van der Waals surface area contributed by atoms with Gasteiger partial charge in [0.1, 0.15) is 0 Å². The van der Waals surface area contributed by atoms with Gasteiger partial charge in [-0.1, -0.05) is 11.6 Å². The van der Waals surface area contributed by atoms with Gasteiger partial charge in [0, 0.05) is 37.4 Å². The number of ether oxygens (including phenoxy) is 2. The fourth-order valence-corrected chi connectivity index (χ4v) is 3.37. The van der Waals surface area contributed by atoms with Gasteiger partial charge >= 0.3 is 0 Å². The third-order valence-corrected chi connectivity index (χ3v) is 5.00. The van der Waals surface area contributed by atoms with E-state index in [1.807, 2.05) is 12.1 Å². The normalized spacial score (nSPS) is 14.7. The molecule has 1 fully saturated rings. The van der Waals surface area contributed by atoms with Crippen LogP contribution in [0.15, 0.2) is 36.4 Å². The third kappa shape index (κ3) is 4.46. The largest absolute Gasteiger partial charge is 0.493 e. The summed E-state index contributed by atoms with van der Waals surface area (Å²) in [5.41, 5.74) is 2.12. The van der Waals surface area contributed by atoms with Crippen molar-refractivity contribution in [3.8, 4) is 11.5 Å². The summed E-state index contributed by atoms with van der Waals surface area (Å²) in [5, 5.41) is 3.51. The van der Waals surface area contributed by atoms with Gasteiger partial charge in [-0.3, -0.25) is 4.79 Å². The zero-order chi connectivity index (χ0) is 19.4. The average Bonchev–Trinajstić information content (AvgIpc) is 2.68. The fraction of sp³-hybridized carbons (Fsp3) is 0.350. The quantitative estimate of drug-likeness (QED) is 0.849. The van der Waals surface area contributed by atoms with Gasteiger partial charge in [-0.2, -0.15) is 0 Å². The Morgan fingerprint density at radius 2 is 1.70 bits per heavy atom. The molecule has 27 heavy (non-hydrogen) atoms. The molecule has 1 saturated heterocycles. The molecule has 0 atom stereocenters. The van der Waals surface area contributed by atoms with E-state index in [4.69, 9.17) is 21.1 Å². The SMILES string of the molecule is COc1ccc(C(=O)Nc2ccc(N3CCN(C)CC3)c(Cl)c2)cc1OC. The highest BCUT2D eigenvalue weighted by molar-refractivity contribution is 6.33. The van der Waals surface area contributed by atoms with E-state index >= 15 is 0 Å². The Kier molecular flexibility index (Phi) is 6.08. The van der Waals surface area contributed by atoms with Crippen LogP contribution in [0.1, 0.15) is 10.4 Å². The van der Waals surface area contributed by atoms with Crippen molar-refractivity contribution in [3.05, 3.63) is 47.0 Å². The number of piperazine rings is 1. The maximum atomic E-state index is 12.5. The number of rotatable bonds is 5. The Bertz CT molecular complexity index is 820. The smallest absolute Gasteiger partial charge is 0.255 e. The van der Waals surface area contributed by atoms with Crippen molar-refractivity contribution >= 4 is 28.9 Å². The van der Waals surface area contributed by atoms with Crippen LogP contribution >= 0.6 is 11.6 Å². The minimum atomic E-state index is -0.237. The van der Waals surface area contributed by atoms with Gasteiger partial charge < -0.3 is 24.6 Å². The van der Waals surface area contributed by atoms with Crippen molar-refractivity contribution in [1.29, 1.82) is 0 Å². The zero-order valence-electron chi connectivity index (χ0n) is 15.8. The molecule has 0 aromatic heterocycles. The van der Waals surface area contributed by atoms with E-state index in [2.05, 4.69) is 22.2 Å². The number of amides is 1. The molecule has 7 heteroatoms. The van der Waals surface area contributed by atoms with Gasteiger partial charge in [-0.15, -0.1) is 0 Å². The summed E-state index contributed by atoms with van der Waals surface area (Å²) in [6.45, 7) is 3.89. The third-order valence-electron chi connectivity index (χ3n) is 4.70. The maximum Gasteiger partial charge on any atom is 0.255 e. The van der Waals surface area contributed by atoms with Crippen LogP contribution in [-0.2, 0) is 0 Å². The molecule has 1 N–H and O–H groups in total. The van der Waals surface area contributed by atoms with E-state index in [0.29, 0.717) is 27.8 Å². The Morgan fingerprint density at radius 1 is 1.00 bits per heavy atom. The Hall–Kier alpha value is -2.44. The number of likely N-dealkylation sites (N-methyl/N-ethyl adjacent to an activating group) is 1. The van der Waals surface area contributed by atoms with Crippen LogP contribution in [0.3, 0.4) is 0 Å². The topological polar surface area (TPSA) is 54.0 Å². The van der Waals surface area contributed by atoms with Crippen molar-refractivity contribution in [1.82, 2.24) is 4.90 Å². The van der Waals surface area contributed by atoms with Crippen LogP contribution in [-0.4, -0.2) is 58.3 Å². The molecule has 0 bridgehead atoms. The molecule has 0 saturated carbocycles. The number of nitrogens with zero attached hydrogens (tertiary/aromatic N) is 2. The molecule has 0 aliphatic carbocycles. The van der Waals surface area contributed by atoms with Crippen molar-refractivity contribution in [2.24, 2.45) is 0 Å². The van der Waals surface area contributed by atoms with Gasteiger partial charge in [0.2, 0.25) is 0 Å². The molecular weight excluding hydrogens is 366 g/mol. The molecule has 2 aromatic carbocycles. The van der Waals surface area contributed by atoms with Gasteiger partial charge in [-0.25, -0.2) is 0 Å². The molecule has 1 amide bonds. The van der Waals surface area contributed by atoms with Crippen LogP contribution in [0.5, 0.6) is 11.5 Å². The maximum absolute atomic E-state index is 12.5. The number of hydrogen-bond donors (Lipinski definition) is 1. The lowest BCUT2D eigenvalue weighted by molar-refractivity contribution is 0.102. The molecule has 6 nitrogen and oxygen atoms in total. The molecule has 1 aliphatic heterocycles. The van der Waals surface area contributed by atoms with Crippen LogP contribution in [0.2, 0.25) is 5.02 Å². The van der Waals surface area contributed by atoms with Crippen LogP contribution in [0.4, 0.5) is 11.4 Å². The van der Waals surface area contributed by atoms with Crippen molar-refractivity contribution in [2.45, 2.75) is 0 Å². The van der Waals surface area contributed by atoms with Gasteiger partial charge in [0.25, 0.3) is 5.91 Å². The molecule has 0 radical (unpaired) electrons. The van der Waals surface area contributed by atoms with E-state index in [1.165, 1.54) is 7.11 Å². The van der Waals surface area contributed by atoms with Crippen LogP contribution in [0.25, 0.3) is 0 Å². The minimum Gasteiger partial charge on any atom is -0.493 e. The molecule has 2 aromatic rings. The summed E-state index contributed by atoms with van der Waals surface area (Å²) in [7, 11) is 5.21. The fourth-order valence-electron chi connectivity index (χ4n) is 3.07. The second kappa shape index (κ2) is 8.50. The highest BCUT2D eigenvalue weighted by Crippen LogP contribution is 2.31. The molecule has 144 valence electrons. The van der Waals surface area contributed by atoms with Gasteiger partial charge in [-0.05, 0) is 43.4 Å². The average molecular weight is 390 g/mol. The number of carbonyl (C=O) groups is 1. The number of hydrogen-bond acceptors (Lipinski definition) is 5. The monoisotopic (exact) mass is 389 g/mol. The number of carbonyl (C=O) groups excluding carboxylic acids is 1. The minimum absolute atomic E-state index is 0.237. The predicted molar refractivity (Wildman–Crippen MR) is 109 cm³/mol. The molecule has 0 unspecified atom stereocenters. The van der Waals surface area contributed by atoms with Gasteiger partial charge in [0.15, 0.2) is 11.5 Å². The Balaban J connectivity index is 1.72. The molecule has 3 rings (SSSR count). The van der Waals surface area contributed by atoms with Crippen LogP contribution in [0, 0.1) is 0 Å². The predicted octanol–water partition coefficient (Wildman–Crippen LogP) is 3.36. The number of halogens is 1. The molecular formula is C20H24ClN3O3. The summed E-state index contributed by atoms with van der Waals surface area (Å²) in [5.74, 6) is 0.849. The van der Waals surface area contributed by atoms with E-state index in [0.717, 1.165) is 31.9 Å². The summed E-state index contributed by atoms with van der Waals surface area (Å²) in [4.78, 5) is 17.1. The standard InChI is InChI=1S/C20H24ClN3O3/c1-23-8-10-24(11-9-23)17-6-5-15(13-16(17)21)22-20(25)14-4-7-18(26-2)19(12-14)27-3/h4-7,12-13H,8-11H2,1-3H3,(H,22,25). The van der Waals surface area contributed by atoms with Crippen LogP contribution < -0.4 is 19.7 Å². The summed E-state index contributed by atoms with van der Waals surface area (Å²) < 4.78 is 10.5. The summed E-state index contributed by atoms with van der Waals surface area (Å²) in [6, 6.07) is 10.7. The zero-order valence-corrected chi connectivity index (χ0v) is 16.5. The first-order valence-electron chi connectivity index (χ1n) is 8.78. The van der Waals surface area contributed by atoms with Gasteiger partial charge in [0.05, 0.1) is 24.9 Å². The lowest BCUT2D eigenvalue weighted by Crippen LogP contribution is -2.44. The number of benzene rings is 2. The second-order valence-electron chi connectivity index (χ2n) is 6.48. The first-order valence-corrected chi connectivity index (χ1v) is 9.16. The van der Waals surface area contributed by atoms with E-state index < -0.39 is 0 Å². The number of methoxy groups -OCH3 is 2. The Labute approximate surface area is 164 Å². The van der Waals surface area contributed by atoms with Crippen molar-refractivity contribution < 1.29 is 14.3 Å². The molecule has 0 spiro atoms. The lowest BCUT2D eigenvalue weighted by Gasteiger charge is -2.34. The number of nitrogens with one attached hydrogen (secondary N) is 1. The van der Waals surface area contributed by atoms with Crippen molar-refractivity contribution in [3.63, 3.8) is 0 Å². The summed E-state index contributed by atoms with van der Waals surface area (Å²) >= 11 is 6.47. The van der Waals surface area contributed by atoms with Crippen molar-refractivity contribution in [2.75, 3.05) is 57.7 Å². The molecule has 1 aliphatic rings. The summed E-state index contributed by atoms with van der Waals surface area (Å²) in [6.07, 6.45) is 0. The van der Waals surface area contributed by atoms with E-state index in [-0.39, 0.29) is 5.91 Å². The van der Waals surface area contributed by atoms with E-state index in [9.17, 15) is 4.79 Å². The lowest BCUT2D eigenvalue weighted by atomic mass is 10.1. The van der Waals surface area contributed by atoms with E-state index in [1.54, 1.807) is 31.4 Å². The highest BCUT2D eigenvalue weighted by Gasteiger charge is 2.17. The second-order valence-corrected chi connectivity index (χ2v) is 6.89. The Morgan fingerprint density at radius 3 is 2.33 bits per heavy atom. The number of anilines is 2. The first-order chi connectivity index (χ1) is 13.0. The highest BCUT2D eigenvalue weighted by atomic mass is 35.5. The molecule has 1 heterocycles.